The third-order valence-corrected chi connectivity index (χ3v) is 4.83. The molecule has 2 N–H and O–H groups in total. The molecule has 1 aromatic carbocycles. The first-order valence-corrected chi connectivity index (χ1v) is 8.73. The van der Waals surface area contributed by atoms with E-state index in [0.717, 1.165) is 32.0 Å². The topological polar surface area (TPSA) is 62.8 Å². The summed E-state index contributed by atoms with van der Waals surface area (Å²) >= 11 is 0. The van der Waals surface area contributed by atoms with E-state index in [1.165, 1.54) is 5.56 Å². The van der Waals surface area contributed by atoms with E-state index in [1.807, 2.05) is 19.1 Å². The Kier molecular flexibility index (Phi) is 9.85. The predicted octanol–water partition coefficient (Wildman–Crippen LogP) is 2.24. The second-order valence-corrected chi connectivity index (χ2v) is 6.45. The zero-order valence-electron chi connectivity index (χ0n) is 15.3. The first kappa shape index (κ1) is 23.1. The van der Waals surface area contributed by atoms with Crippen molar-refractivity contribution in [1.82, 2.24) is 10.2 Å². The Morgan fingerprint density at radius 3 is 2.69 bits per heavy atom. The van der Waals surface area contributed by atoms with E-state index < -0.39 is 0 Å². The quantitative estimate of drug-likeness (QED) is 0.803. The van der Waals surface area contributed by atoms with Crippen LogP contribution in [0.25, 0.3) is 0 Å². The molecule has 2 aliphatic rings. The van der Waals surface area contributed by atoms with Gasteiger partial charge in [0.05, 0.1) is 25.9 Å². The van der Waals surface area contributed by atoms with Gasteiger partial charge >= 0.3 is 0 Å². The van der Waals surface area contributed by atoms with Gasteiger partial charge in [0, 0.05) is 31.4 Å². The molecule has 2 aliphatic heterocycles. The SMILES string of the molecule is CC(c1cccc(NC(=O)[C@H]2NCCO[C@@H]2C)c1)N1CCOCC1.Cl.Cl. The monoisotopic (exact) mass is 405 g/mol. The fourth-order valence-electron chi connectivity index (χ4n) is 3.30. The molecule has 2 heterocycles. The molecule has 26 heavy (non-hydrogen) atoms. The average molecular weight is 406 g/mol. The number of rotatable bonds is 4. The molecule has 3 atom stereocenters. The molecule has 3 rings (SSSR count). The van der Waals surface area contributed by atoms with Crippen LogP contribution in [-0.4, -0.2) is 62.4 Å². The van der Waals surface area contributed by atoms with Crippen molar-refractivity contribution in [3.8, 4) is 0 Å². The van der Waals surface area contributed by atoms with Crippen LogP contribution < -0.4 is 10.6 Å². The summed E-state index contributed by atoms with van der Waals surface area (Å²) in [6.07, 6.45) is -0.116. The molecule has 0 saturated carbocycles. The minimum atomic E-state index is -0.306. The normalized spacial score (nSPS) is 24.7. The molecule has 2 fully saturated rings. The van der Waals surface area contributed by atoms with Crippen LogP contribution in [0.1, 0.15) is 25.5 Å². The zero-order valence-corrected chi connectivity index (χ0v) is 16.9. The highest BCUT2D eigenvalue weighted by molar-refractivity contribution is 5.95. The highest BCUT2D eigenvalue weighted by Crippen LogP contribution is 2.24. The molecule has 1 amide bonds. The molecule has 0 bridgehead atoms. The van der Waals surface area contributed by atoms with Gasteiger partial charge in [-0.3, -0.25) is 9.69 Å². The van der Waals surface area contributed by atoms with Crippen molar-refractivity contribution >= 4 is 36.4 Å². The summed E-state index contributed by atoms with van der Waals surface area (Å²) < 4.78 is 11.0. The van der Waals surface area contributed by atoms with E-state index in [1.54, 1.807) is 0 Å². The van der Waals surface area contributed by atoms with E-state index in [4.69, 9.17) is 9.47 Å². The summed E-state index contributed by atoms with van der Waals surface area (Å²) in [4.78, 5) is 14.9. The number of morpholine rings is 2. The van der Waals surface area contributed by atoms with Gasteiger partial charge in [-0.15, -0.1) is 24.8 Å². The molecule has 8 heteroatoms. The van der Waals surface area contributed by atoms with E-state index in [9.17, 15) is 4.79 Å². The van der Waals surface area contributed by atoms with Crippen molar-refractivity contribution in [3.05, 3.63) is 29.8 Å². The molecular weight excluding hydrogens is 377 g/mol. The van der Waals surface area contributed by atoms with Crippen LogP contribution in [0.5, 0.6) is 0 Å². The lowest BCUT2D eigenvalue weighted by Gasteiger charge is -2.32. The first-order valence-electron chi connectivity index (χ1n) is 8.73. The summed E-state index contributed by atoms with van der Waals surface area (Å²) in [5, 5.41) is 6.23. The van der Waals surface area contributed by atoms with Gasteiger partial charge in [0.1, 0.15) is 6.04 Å². The van der Waals surface area contributed by atoms with Gasteiger partial charge in [-0.25, -0.2) is 0 Å². The fraction of sp³-hybridized carbons (Fsp3) is 0.611. The second-order valence-electron chi connectivity index (χ2n) is 6.45. The van der Waals surface area contributed by atoms with Crippen LogP contribution in [0.2, 0.25) is 0 Å². The van der Waals surface area contributed by atoms with Gasteiger partial charge in [0.2, 0.25) is 5.91 Å². The van der Waals surface area contributed by atoms with Gasteiger partial charge in [0.15, 0.2) is 0 Å². The maximum Gasteiger partial charge on any atom is 0.244 e. The van der Waals surface area contributed by atoms with Crippen LogP contribution in [0.15, 0.2) is 24.3 Å². The Bertz CT molecular complexity index is 570. The van der Waals surface area contributed by atoms with Gasteiger partial charge < -0.3 is 20.1 Å². The lowest BCUT2D eigenvalue weighted by Crippen LogP contribution is -2.53. The van der Waals surface area contributed by atoms with Crippen molar-refractivity contribution in [2.75, 3.05) is 44.8 Å². The predicted molar refractivity (Wildman–Crippen MR) is 108 cm³/mol. The Balaban J connectivity index is 0.00000169. The summed E-state index contributed by atoms with van der Waals surface area (Å²) in [5.41, 5.74) is 2.03. The Morgan fingerprint density at radius 1 is 1.27 bits per heavy atom. The first-order chi connectivity index (χ1) is 11.6. The Labute approximate surface area is 167 Å². The molecule has 0 spiro atoms. The Morgan fingerprint density at radius 2 is 2.00 bits per heavy atom. The van der Waals surface area contributed by atoms with E-state index in [0.29, 0.717) is 19.2 Å². The van der Waals surface area contributed by atoms with Crippen molar-refractivity contribution < 1.29 is 14.3 Å². The highest BCUT2D eigenvalue weighted by Gasteiger charge is 2.28. The second kappa shape index (κ2) is 11.1. The van der Waals surface area contributed by atoms with E-state index in [2.05, 4.69) is 34.6 Å². The smallest absolute Gasteiger partial charge is 0.244 e. The summed E-state index contributed by atoms with van der Waals surface area (Å²) in [6, 6.07) is 8.10. The van der Waals surface area contributed by atoms with E-state index in [-0.39, 0.29) is 42.9 Å². The summed E-state index contributed by atoms with van der Waals surface area (Å²) in [7, 11) is 0. The Hall–Kier alpha value is -0.890. The van der Waals surface area contributed by atoms with Crippen LogP contribution in [-0.2, 0) is 14.3 Å². The summed E-state index contributed by atoms with van der Waals surface area (Å²) in [5.74, 6) is -0.0432. The number of nitrogens with one attached hydrogen (secondary N) is 2. The lowest BCUT2D eigenvalue weighted by atomic mass is 10.1. The number of benzene rings is 1. The number of carbonyl (C=O) groups excluding carboxylic acids is 1. The average Bonchev–Trinajstić information content (AvgIpc) is 2.62. The standard InChI is InChI=1S/C18H27N3O3.2ClH/c1-13(21-7-10-23-11-8-21)15-4-3-5-16(12-15)20-18(22)17-14(2)24-9-6-19-17;;/h3-5,12-14,17,19H,6-11H2,1-2H3,(H,20,22);2*1H/t13?,14-,17+;;/m1../s1. The van der Waals surface area contributed by atoms with Crippen molar-refractivity contribution in [2.24, 2.45) is 0 Å². The molecule has 0 aliphatic carbocycles. The lowest BCUT2D eigenvalue weighted by molar-refractivity contribution is -0.123. The molecule has 0 aromatic heterocycles. The molecule has 148 valence electrons. The zero-order chi connectivity index (χ0) is 16.9. The molecule has 0 radical (unpaired) electrons. The molecule has 2 saturated heterocycles. The maximum absolute atomic E-state index is 12.5. The van der Waals surface area contributed by atoms with Crippen LogP contribution in [0, 0.1) is 0 Å². The third kappa shape index (κ3) is 5.81. The van der Waals surface area contributed by atoms with E-state index >= 15 is 0 Å². The number of hydrogen-bond donors (Lipinski definition) is 2. The number of anilines is 1. The van der Waals surface area contributed by atoms with Crippen LogP contribution >= 0.6 is 24.8 Å². The number of halogens is 2. The molecule has 6 nitrogen and oxygen atoms in total. The molecule has 1 aromatic rings. The van der Waals surface area contributed by atoms with Crippen molar-refractivity contribution in [1.29, 1.82) is 0 Å². The largest absolute Gasteiger partial charge is 0.379 e. The minimum Gasteiger partial charge on any atom is -0.379 e. The third-order valence-electron chi connectivity index (χ3n) is 4.83. The fourth-order valence-corrected chi connectivity index (χ4v) is 3.30. The highest BCUT2D eigenvalue weighted by atomic mass is 35.5. The number of ether oxygens (including phenoxy) is 2. The van der Waals surface area contributed by atoms with Gasteiger partial charge in [-0.05, 0) is 31.5 Å². The van der Waals surface area contributed by atoms with Gasteiger partial charge in [-0.1, -0.05) is 12.1 Å². The summed E-state index contributed by atoms with van der Waals surface area (Å²) in [6.45, 7) is 8.93. The number of amides is 1. The molecule has 1 unspecified atom stereocenters. The van der Waals surface area contributed by atoms with Gasteiger partial charge in [-0.2, -0.15) is 0 Å². The molecular formula is C18H29Cl2N3O3. The van der Waals surface area contributed by atoms with Crippen molar-refractivity contribution in [3.63, 3.8) is 0 Å². The number of carbonyl (C=O) groups is 1. The minimum absolute atomic E-state index is 0. The van der Waals surface area contributed by atoms with Gasteiger partial charge in [0.25, 0.3) is 0 Å². The van der Waals surface area contributed by atoms with Crippen LogP contribution in [0.4, 0.5) is 5.69 Å². The maximum atomic E-state index is 12.5. The van der Waals surface area contributed by atoms with Crippen LogP contribution in [0.3, 0.4) is 0 Å². The van der Waals surface area contributed by atoms with Crippen molar-refractivity contribution in [2.45, 2.75) is 32.0 Å². The number of hydrogen-bond acceptors (Lipinski definition) is 5. The number of nitrogens with zero attached hydrogens (tertiary/aromatic N) is 1.